The van der Waals surface area contributed by atoms with Crippen LogP contribution in [0.1, 0.15) is 0 Å². The first-order valence-corrected chi connectivity index (χ1v) is 15.5. The minimum Gasteiger partial charge on any atom is -0.455 e. The van der Waals surface area contributed by atoms with Crippen LogP contribution < -0.4 is 0 Å². The molecule has 9 aromatic rings. The summed E-state index contributed by atoms with van der Waals surface area (Å²) in [5.74, 6) is 0.727. The van der Waals surface area contributed by atoms with Crippen LogP contribution in [0.5, 0.6) is 0 Å². The van der Waals surface area contributed by atoms with Crippen LogP contribution in [0.3, 0.4) is 0 Å². The standard InChI is InChI=1S/C40H24N2OS/c1-2-11-25(12-3-1)36-39-37(33-18-5-7-22-35(33)44-39)42-40(41-36)29-16-9-14-27(24-29)26-13-8-15-28(23-26)30-19-10-20-32-31-17-4-6-21-34(31)43-38(30)32/h1-24H. The van der Waals surface area contributed by atoms with Crippen LogP contribution in [0, 0.1) is 0 Å². The van der Waals surface area contributed by atoms with Crippen LogP contribution in [0.2, 0.25) is 0 Å². The van der Waals surface area contributed by atoms with E-state index in [4.69, 9.17) is 14.4 Å². The first-order valence-electron chi connectivity index (χ1n) is 14.7. The summed E-state index contributed by atoms with van der Waals surface area (Å²) in [5.41, 5.74) is 10.3. The number of hydrogen-bond acceptors (Lipinski definition) is 4. The highest BCUT2D eigenvalue weighted by Gasteiger charge is 2.17. The zero-order valence-electron chi connectivity index (χ0n) is 23.6. The fourth-order valence-corrected chi connectivity index (χ4v) is 7.34. The molecule has 206 valence electrons. The van der Waals surface area contributed by atoms with E-state index in [1.54, 1.807) is 11.3 Å². The van der Waals surface area contributed by atoms with Gasteiger partial charge in [0.1, 0.15) is 11.2 Å². The van der Waals surface area contributed by atoms with Gasteiger partial charge in [0.05, 0.1) is 15.9 Å². The van der Waals surface area contributed by atoms with Gasteiger partial charge in [0, 0.05) is 37.5 Å². The normalized spacial score (nSPS) is 11.6. The molecule has 0 aliphatic rings. The third-order valence-corrected chi connectivity index (χ3v) is 9.47. The quantitative estimate of drug-likeness (QED) is 0.208. The summed E-state index contributed by atoms with van der Waals surface area (Å²) < 4.78 is 8.69. The minimum atomic E-state index is 0.727. The summed E-state index contributed by atoms with van der Waals surface area (Å²) in [6.45, 7) is 0. The van der Waals surface area contributed by atoms with Crippen molar-refractivity contribution in [1.82, 2.24) is 9.97 Å². The van der Waals surface area contributed by atoms with E-state index < -0.39 is 0 Å². The van der Waals surface area contributed by atoms with Crippen molar-refractivity contribution in [2.24, 2.45) is 0 Å². The molecule has 0 aliphatic heterocycles. The average molecular weight is 581 g/mol. The molecule has 0 radical (unpaired) electrons. The maximum atomic E-state index is 6.35. The Hall–Kier alpha value is -5.58. The van der Waals surface area contributed by atoms with Gasteiger partial charge in [0.15, 0.2) is 5.82 Å². The van der Waals surface area contributed by atoms with Gasteiger partial charge in [0.25, 0.3) is 0 Å². The Morgan fingerprint density at radius 2 is 1.11 bits per heavy atom. The molecule has 44 heavy (non-hydrogen) atoms. The highest BCUT2D eigenvalue weighted by Crippen LogP contribution is 2.40. The van der Waals surface area contributed by atoms with Gasteiger partial charge in [0.2, 0.25) is 0 Å². The molecule has 0 N–H and O–H groups in total. The predicted molar refractivity (Wildman–Crippen MR) is 184 cm³/mol. The molecule has 3 aromatic heterocycles. The van der Waals surface area contributed by atoms with E-state index in [-0.39, 0.29) is 0 Å². The second kappa shape index (κ2) is 10.0. The lowest BCUT2D eigenvalue weighted by atomic mass is 9.96. The number of para-hydroxylation sites is 2. The smallest absolute Gasteiger partial charge is 0.160 e. The SMILES string of the molecule is c1ccc(-c2nc(-c3cccc(-c4cccc(-c5cccc6c5oc5ccccc56)c4)c3)nc3c2sc2ccccc23)cc1. The first-order chi connectivity index (χ1) is 21.8. The molecule has 9 rings (SSSR count). The molecule has 0 aliphatic carbocycles. The van der Waals surface area contributed by atoms with Crippen molar-refractivity contribution in [2.75, 3.05) is 0 Å². The molecule has 4 heteroatoms. The van der Waals surface area contributed by atoms with Crippen LogP contribution in [-0.4, -0.2) is 9.97 Å². The molecule has 0 atom stereocenters. The lowest BCUT2D eigenvalue weighted by molar-refractivity contribution is 0.670. The predicted octanol–water partition coefficient (Wildman–Crippen LogP) is 11.4. The van der Waals surface area contributed by atoms with Crippen molar-refractivity contribution in [1.29, 1.82) is 0 Å². The molecule has 0 fully saturated rings. The molecule has 0 saturated carbocycles. The number of furan rings is 1. The van der Waals surface area contributed by atoms with Crippen LogP contribution in [0.25, 0.3) is 87.1 Å². The maximum Gasteiger partial charge on any atom is 0.160 e. The van der Waals surface area contributed by atoms with Gasteiger partial charge in [-0.15, -0.1) is 11.3 Å². The average Bonchev–Trinajstić information content (AvgIpc) is 3.67. The van der Waals surface area contributed by atoms with Crippen LogP contribution in [-0.2, 0) is 0 Å². The fraction of sp³-hybridized carbons (Fsp3) is 0. The maximum absolute atomic E-state index is 6.35. The van der Waals surface area contributed by atoms with E-state index in [1.165, 1.54) is 4.70 Å². The fourth-order valence-electron chi connectivity index (χ4n) is 6.19. The van der Waals surface area contributed by atoms with Crippen molar-refractivity contribution in [3.8, 4) is 44.9 Å². The van der Waals surface area contributed by atoms with Crippen molar-refractivity contribution in [2.45, 2.75) is 0 Å². The number of nitrogens with zero attached hydrogens (tertiary/aromatic N) is 2. The number of thiophene rings is 1. The van der Waals surface area contributed by atoms with Crippen LogP contribution in [0.4, 0.5) is 0 Å². The van der Waals surface area contributed by atoms with Gasteiger partial charge in [-0.3, -0.25) is 0 Å². The Morgan fingerprint density at radius 1 is 0.477 bits per heavy atom. The Kier molecular flexibility index (Phi) is 5.68. The zero-order valence-corrected chi connectivity index (χ0v) is 24.4. The molecule has 6 aromatic carbocycles. The van der Waals surface area contributed by atoms with E-state index in [9.17, 15) is 0 Å². The lowest BCUT2D eigenvalue weighted by Gasteiger charge is -2.10. The topological polar surface area (TPSA) is 38.9 Å². The molecule has 3 nitrogen and oxygen atoms in total. The lowest BCUT2D eigenvalue weighted by Crippen LogP contribution is -1.94. The summed E-state index contributed by atoms with van der Waals surface area (Å²) in [6.07, 6.45) is 0. The summed E-state index contributed by atoms with van der Waals surface area (Å²) in [6, 6.07) is 50.7. The van der Waals surface area contributed by atoms with Crippen LogP contribution in [0.15, 0.2) is 150 Å². The number of fused-ring (bicyclic) bond motifs is 6. The summed E-state index contributed by atoms with van der Waals surface area (Å²) in [5, 5.41) is 3.43. The van der Waals surface area contributed by atoms with E-state index in [1.807, 2.05) is 18.2 Å². The van der Waals surface area contributed by atoms with E-state index >= 15 is 0 Å². The minimum absolute atomic E-state index is 0.727. The van der Waals surface area contributed by atoms with Crippen molar-refractivity contribution in [3.05, 3.63) is 146 Å². The highest BCUT2D eigenvalue weighted by atomic mass is 32.1. The van der Waals surface area contributed by atoms with Crippen molar-refractivity contribution >= 4 is 53.6 Å². The largest absolute Gasteiger partial charge is 0.455 e. The molecular weight excluding hydrogens is 557 g/mol. The third kappa shape index (κ3) is 4.03. The number of hydrogen-bond donors (Lipinski definition) is 0. The molecular formula is C40H24N2OS. The zero-order chi connectivity index (χ0) is 29.0. The molecule has 0 bridgehead atoms. The van der Waals surface area contributed by atoms with Crippen molar-refractivity contribution in [3.63, 3.8) is 0 Å². The second-order valence-electron chi connectivity index (χ2n) is 11.0. The molecule has 3 heterocycles. The monoisotopic (exact) mass is 580 g/mol. The number of benzene rings is 6. The Labute approximate surface area is 257 Å². The Bertz CT molecular complexity index is 2510. The van der Waals surface area contributed by atoms with Gasteiger partial charge < -0.3 is 4.42 Å². The number of rotatable bonds is 4. The highest BCUT2D eigenvalue weighted by molar-refractivity contribution is 7.26. The Balaban J connectivity index is 1.18. The van der Waals surface area contributed by atoms with Gasteiger partial charge in [-0.25, -0.2) is 9.97 Å². The van der Waals surface area contributed by atoms with Gasteiger partial charge in [-0.05, 0) is 41.0 Å². The third-order valence-electron chi connectivity index (χ3n) is 8.30. The molecule has 0 amide bonds. The first kappa shape index (κ1) is 25.0. The van der Waals surface area contributed by atoms with Crippen molar-refractivity contribution < 1.29 is 4.42 Å². The molecule has 0 unspecified atom stereocenters. The van der Waals surface area contributed by atoms with E-state index in [2.05, 4.69) is 127 Å². The van der Waals surface area contributed by atoms with Gasteiger partial charge >= 0.3 is 0 Å². The van der Waals surface area contributed by atoms with Gasteiger partial charge in [-0.2, -0.15) is 0 Å². The Morgan fingerprint density at radius 3 is 1.98 bits per heavy atom. The van der Waals surface area contributed by atoms with E-state index in [0.29, 0.717) is 0 Å². The summed E-state index contributed by atoms with van der Waals surface area (Å²) in [7, 11) is 0. The summed E-state index contributed by atoms with van der Waals surface area (Å²) >= 11 is 1.76. The number of aromatic nitrogens is 2. The van der Waals surface area contributed by atoms with Crippen LogP contribution >= 0.6 is 11.3 Å². The van der Waals surface area contributed by atoms with Gasteiger partial charge in [-0.1, -0.05) is 121 Å². The summed E-state index contributed by atoms with van der Waals surface area (Å²) in [4.78, 5) is 10.3. The molecule has 0 saturated heterocycles. The second-order valence-corrected chi connectivity index (χ2v) is 12.0. The molecule has 0 spiro atoms. The van der Waals surface area contributed by atoms with E-state index in [0.717, 1.165) is 82.4 Å².